The van der Waals surface area contributed by atoms with Crippen molar-refractivity contribution in [2.75, 3.05) is 5.75 Å². The van der Waals surface area contributed by atoms with Crippen molar-refractivity contribution in [3.05, 3.63) is 70.8 Å². The lowest BCUT2D eigenvalue weighted by Gasteiger charge is -2.05. The van der Waals surface area contributed by atoms with Crippen LogP contribution in [0.1, 0.15) is 27.0 Å². The molecule has 2 aromatic carbocycles. The molecule has 0 bridgehead atoms. The number of hydrogen-bond donors (Lipinski definition) is 0. The number of thioether (sulfide) groups is 1. The van der Waals surface area contributed by atoms with E-state index in [1.54, 1.807) is 11.8 Å². The van der Waals surface area contributed by atoms with E-state index in [0.29, 0.717) is 5.75 Å². The van der Waals surface area contributed by atoms with Gasteiger partial charge in [-0.2, -0.15) is 0 Å². The molecule has 0 saturated carbocycles. The van der Waals surface area contributed by atoms with Crippen LogP contribution in [0, 0.1) is 13.8 Å². The molecule has 98 valence electrons. The van der Waals surface area contributed by atoms with E-state index in [-0.39, 0.29) is 5.78 Å². The standard InChI is InChI=1S/C17H18OS/c1-13-6-5-8-15(10-13)11-19-12-17(18)16-9-4-3-7-14(16)2/h3-10H,11-12H2,1-2H3. The first kappa shape index (κ1) is 13.9. The van der Waals surface area contributed by atoms with Crippen molar-refractivity contribution in [2.24, 2.45) is 0 Å². The predicted octanol–water partition coefficient (Wildman–Crippen LogP) is 4.42. The third-order valence-electron chi connectivity index (χ3n) is 3.03. The van der Waals surface area contributed by atoms with Crippen molar-refractivity contribution in [3.63, 3.8) is 0 Å². The highest BCUT2D eigenvalue weighted by Crippen LogP contribution is 2.16. The van der Waals surface area contributed by atoms with Crippen molar-refractivity contribution < 1.29 is 4.79 Å². The van der Waals surface area contributed by atoms with Crippen LogP contribution in [0.15, 0.2) is 48.5 Å². The smallest absolute Gasteiger partial charge is 0.172 e. The molecule has 0 radical (unpaired) electrons. The average Bonchev–Trinajstić information content (AvgIpc) is 2.39. The van der Waals surface area contributed by atoms with E-state index in [1.165, 1.54) is 11.1 Å². The van der Waals surface area contributed by atoms with E-state index in [4.69, 9.17) is 0 Å². The molecule has 0 heterocycles. The van der Waals surface area contributed by atoms with Gasteiger partial charge < -0.3 is 0 Å². The Morgan fingerprint density at radius 1 is 1.05 bits per heavy atom. The van der Waals surface area contributed by atoms with E-state index >= 15 is 0 Å². The minimum atomic E-state index is 0.218. The fourth-order valence-corrected chi connectivity index (χ4v) is 2.89. The second-order valence-electron chi connectivity index (χ2n) is 4.72. The average molecular weight is 270 g/mol. The summed E-state index contributed by atoms with van der Waals surface area (Å²) in [6, 6.07) is 16.2. The Bertz CT molecular complexity index is 575. The molecule has 0 amide bonds. The lowest BCUT2D eigenvalue weighted by molar-refractivity contribution is 0.102. The highest BCUT2D eigenvalue weighted by atomic mass is 32.2. The molecule has 1 nitrogen and oxygen atoms in total. The Kier molecular flexibility index (Phi) is 4.80. The molecule has 0 saturated heterocycles. The summed E-state index contributed by atoms with van der Waals surface area (Å²) in [6.45, 7) is 4.07. The Morgan fingerprint density at radius 3 is 2.58 bits per heavy atom. The highest BCUT2D eigenvalue weighted by molar-refractivity contribution is 7.99. The van der Waals surface area contributed by atoms with Gasteiger partial charge in [0.2, 0.25) is 0 Å². The maximum atomic E-state index is 12.1. The van der Waals surface area contributed by atoms with Crippen molar-refractivity contribution in [1.82, 2.24) is 0 Å². The van der Waals surface area contributed by atoms with Gasteiger partial charge in [0.25, 0.3) is 0 Å². The molecule has 0 N–H and O–H groups in total. The van der Waals surface area contributed by atoms with Crippen molar-refractivity contribution >= 4 is 17.5 Å². The highest BCUT2D eigenvalue weighted by Gasteiger charge is 2.08. The first-order valence-corrected chi connectivity index (χ1v) is 7.54. The van der Waals surface area contributed by atoms with Crippen LogP contribution in [0.2, 0.25) is 0 Å². The lowest BCUT2D eigenvalue weighted by atomic mass is 10.1. The van der Waals surface area contributed by atoms with Gasteiger partial charge in [0, 0.05) is 11.3 Å². The summed E-state index contributed by atoms with van der Waals surface area (Å²) < 4.78 is 0. The van der Waals surface area contributed by atoms with Crippen LogP contribution in [-0.4, -0.2) is 11.5 Å². The quantitative estimate of drug-likeness (QED) is 0.748. The molecule has 19 heavy (non-hydrogen) atoms. The summed E-state index contributed by atoms with van der Waals surface area (Å²) in [5, 5.41) is 0. The van der Waals surface area contributed by atoms with Crippen LogP contribution in [0.25, 0.3) is 0 Å². The second kappa shape index (κ2) is 6.58. The van der Waals surface area contributed by atoms with Crippen molar-refractivity contribution in [1.29, 1.82) is 0 Å². The molecular weight excluding hydrogens is 252 g/mol. The fraction of sp³-hybridized carbons (Fsp3) is 0.235. The number of benzene rings is 2. The first-order chi connectivity index (χ1) is 9.16. The van der Waals surface area contributed by atoms with Gasteiger partial charge >= 0.3 is 0 Å². The number of carbonyl (C=O) groups is 1. The maximum Gasteiger partial charge on any atom is 0.172 e. The number of hydrogen-bond acceptors (Lipinski definition) is 2. The molecule has 0 atom stereocenters. The van der Waals surface area contributed by atoms with Gasteiger partial charge in [-0.25, -0.2) is 0 Å². The van der Waals surface area contributed by atoms with E-state index in [0.717, 1.165) is 16.9 Å². The summed E-state index contributed by atoms with van der Waals surface area (Å²) in [4.78, 5) is 12.1. The number of Topliss-reactive ketones (excluding diaryl/α,β-unsaturated/α-hetero) is 1. The minimum Gasteiger partial charge on any atom is -0.293 e. The van der Waals surface area contributed by atoms with E-state index in [1.807, 2.05) is 31.2 Å². The third kappa shape index (κ3) is 3.97. The van der Waals surface area contributed by atoms with Crippen LogP contribution in [0.5, 0.6) is 0 Å². The summed E-state index contributed by atoms with van der Waals surface area (Å²) >= 11 is 1.68. The van der Waals surface area contributed by atoms with E-state index < -0.39 is 0 Å². The summed E-state index contributed by atoms with van der Waals surface area (Å²) in [7, 11) is 0. The van der Waals surface area contributed by atoms with Gasteiger partial charge in [-0.15, -0.1) is 11.8 Å². The van der Waals surface area contributed by atoms with Gasteiger partial charge in [-0.05, 0) is 25.0 Å². The largest absolute Gasteiger partial charge is 0.293 e. The Hall–Kier alpha value is -1.54. The molecule has 0 unspecified atom stereocenters. The molecule has 0 spiro atoms. The molecule has 0 aromatic heterocycles. The zero-order valence-electron chi connectivity index (χ0n) is 11.3. The van der Waals surface area contributed by atoms with Gasteiger partial charge in [0.1, 0.15) is 0 Å². The topological polar surface area (TPSA) is 17.1 Å². The number of aryl methyl sites for hydroxylation is 2. The zero-order valence-corrected chi connectivity index (χ0v) is 12.2. The molecule has 0 aliphatic carbocycles. The summed E-state index contributed by atoms with van der Waals surface area (Å²) in [5.74, 6) is 1.65. The van der Waals surface area contributed by atoms with Crippen LogP contribution in [0.4, 0.5) is 0 Å². The molecule has 2 rings (SSSR count). The number of carbonyl (C=O) groups excluding carboxylic acids is 1. The normalized spacial score (nSPS) is 10.4. The van der Waals surface area contributed by atoms with E-state index in [2.05, 4.69) is 31.2 Å². The molecule has 0 aliphatic heterocycles. The molecule has 0 fully saturated rings. The Morgan fingerprint density at radius 2 is 1.84 bits per heavy atom. The molecule has 0 aliphatic rings. The van der Waals surface area contributed by atoms with Crippen molar-refractivity contribution in [3.8, 4) is 0 Å². The predicted molar refractivity (Wildman–Crippen MR) is 82.9 cm³/mol. The third-order valence-corrected chi connectivity index (χ3v) is 4.03. The van der Waals surface area contributed by atoms with Crippen LogP contribution in [0.3, 0.4) is 0 Å². The number of ketones is 1. The van der Waals surface area contributed by atoms with E-state index in [9.17, 15) is 4.79 Å². The Balaban J connectivity index is 1.90. The van der Waals surface area contributed by atoms with Gasteiger partial charge in [0.05, 0.1) is 5.75 Å². The van der Waals surface area contributed by atoms with Crippen LogP contribution >= 0.6 is 11.8 Å². The second-order valence-corrected chi connectivity index (χ2v) is 5.71. The maximum absolute atomic E-state index is 12.1. The Labute approximate surface area is 119 Å². The minimum absolute atomic E-state index is 0.218. The SMILES string of the molecule is Cc1cccc(CSCC(=O)c2ccccc2C)c1. The van der Waals surface area contributed by atoms with Gasteiger partial charge in [0.15, 0.2) is 5.78 Å². The van der Waals surface area contributed by atoms with Crippen molar-refractivity contribution in [2.45, 2.75) is 19.6 Å². The lowest BCUT2D eigenvalue weighted by Crippen LogP contribution is -2.04. The summed E-state index contributed by atoms with van der Waals surface area (Å²) in [6.07, 6.45) is 0. The zero-order chi connectivity index (χ0) is 13.7. The molecule has 2 heteroatoms. The molecule has 2 aromatic rings. The van der Waals surface area contributed by atoms with Crippen LogP contribution in [-0.2, 0) is 5.75 Å². The first-order valence-electron chi connectivity index (χ1n) is 6.39. The number of rotatable bonds is 5. The van der Waals surface area contributed by atoms with Gasteiger partial charge in [-0.1, -0.05) is 54.1 Å². The summed E-state index contributed by atoms with van der Waals surface area (Å²) in [5.41, 5.74) is 4.45. The molecular formula is C17H18OS. The fourth-order valence-electron chi connectivity index (χ4n) is 2.03. The monoisotopic (exact) mass is 270 g/mol. The van der Waals surface area contributed by atoms with Crippen LogP contribution < -0.4 is 0 Å². The van der Waals surface area contributed by atoms with Gasteiger partial charge in [-0.3, -0.25) is 4.79 Å².